The molecular weight excluding hydrogens is 428 g/mol. The Morgan fingerprint density at radius 2 is 1.65 bits per heavy atom. The molecule has 3 aliphatic heterocycles. The van der Waals surface area contributed by atoms with Gasteiger partial charge in [-0.2, -0.15) is 0 Å². The number of anilines is 2. The van der Waals surface area contributed by atoms with Gasteiger partial charge in [-0.3, -0.25) is 0 Å². The van der Waals surface area contributed by atoms with E-state index >= 15 is 0 Å². The van der Waals surface area contributed by atoms with Gasteiger partial charge in [0.1, 0.15) is 5.82 Å². The van der Waals surface area contributed by atoms with E-state index in [0.717, 1.165) is 107 Å². The number of fused-ring (bicyclic) bond motifs is 1. The topological polar surface area (TPSA) is 56.3 Å². The molecule has 3 fully saturated rings. The molecule has 186 valence electrons. The van der Waals surface area contributed by atoms with Gasteiger partial charge in [0, 0.05) is 89.5 Å². The van der Waals surface area contributed by atoms with Crippen molar-refractivity contribution in [1.29, 1.82) is 0 Å². The predicted octanol–water partition coefficient (Wildman–Crippen LogP) is 2.27. The van der Waals surface area contributed by atoms with Crippen LogP contribution in [-0.2, 0) is 0 Å². The van der Waals surface area contributed by atoms with Gasteiger partial charge in [0.25, 0.3) is 0 Å². The number of aromatic nitrogens is 1. The number of hydrogen-bond donors (Lipinski definition) is 1. The van der Waals surface area contributed by atoms with Crippen molar-refractivity contribution in [1.82, 2.24) is 20.1 Å². The van der Waals surface area contributed by atoms with Gasteiger partial charge in [0.15, 0.2) is 11.5 Å². The number of benzene rings is 1. The van der Waals surface area contributed by atoms with Crippen LogP contribution in [0.1, 0.15) is 19.3 Å². The van der Waals surface area contributed by atoms with Gasteiger partial charge in [-0.05, 0) is 32.4 Å². The summed E-state index contributed by atoms with van der Waals surface area (Å²) in [6.45, 7) is 12.6. The molecule has 1 N–H and O–H groups in total. The lowest BCUT2D eigenvalue weighted by Crippen LogP contribution is -2.44. The summed E-state index contributed by atoms with van der Waals surface area (Å²) in [5, 5.41) is 4.62. The molecule has 1 aromatic carbocycles. The van der Waals surface area contributed by atoms with Crippen molar-refractivity contribution in [2.24, 2.45) is 0 Å². The van der Waals surface area contributed by atoms with Crippen LogP contribution in [0.3, 0.4) is 0 Å². The van der Waals surface area contributed by atoms with Crippen molar-refractivity contribution in [2.45, 2.75) is 19.3 Å². The van der Waals surface area contributed by atoms with E-state index in [0.29, 0.717) is 6.61 Å². The predicted molar refractivity (Wildman–Crippen MR) is 139 cm³/mol. The highest BCUT2D eigenvalue weighted by Gasteiger charge is 2.21. The Morgan fingerprint density at radius 3 is 2.38 bits per heavy atom. The lowest BCUT2D eigenvalue weighted by atomic mass is 10.1. The molecule has 34 heavy (non-hydrogen) atoms. The third-order valence-corrected chi connectivity index (χ3v) is 7.42. The second-order valence-corrected chi connectivity index (χ2v) is 9.80. The maximum atomic E-state index is 6.26. The van der Waals surface area contributed by atoms with E-state index in [2.05, 4.69) is 50.2 Å². The number of hydrogen-bond acceptors (Lipinski definition) is 8. The minimum atomic E-state index is 0.685. The van der Waals surface area contributed by atoms with Gasteiger partial charge in [-0.1, -0.05) is 0 Å². The highest BCUT2D eigenvalue weighted by Crippen LogP contribution is 2.38. The SMILES string of the molecule is COc1cc2c(N3CCNCC3)cc(N3CCCC3)nc2cc1OCCCN1CCN(C)CC1. The Bertz CT molecular complexity index is 950. The molecule has 4 heterocycles. The van der Waals surface area contributed by atoms with E-state index < -0.39 is 0 Å². The fraction of sp³-hybridized carbons (Fsp3) is 0.654. The molecule has 5 rings (SSSR count). The minimum absolute atomic E-state index is 0.685. The van der Waals surface area contributed by atoms with E-state index in [1.54, 1.807) is 7.11 Å². The van der Waals surface area contributed by atoms with Crippen molar-refractivity contribution in [3.8, 4) is 11.5 Å². The van der Waals surface area contributed by atoms with E-state index in [4.69, 9.17) is 14.5 Å². The van der Waals surface area contributed by atoms with E-state index in [1.165, 1.54) is 18.5 Å². The average molecular weight is 469 g/mol. The lowest BCUT2D eigenvalue weighted by molar-refractivity contribution is 0.145. The highest BCUT2D eigenvalue weighted by atomic mass is 16.5. The Labute approximate surface area is 203 Å². The fourth-order valence-electron chi connectivity index (χ4n) is 5.29. The summed E-state index contributed by atoms with van der Waals surface area (Å²) in [5.74, 6) is 2.68. The van der Waals surface area contributed by atoms with Gasteiger partial charge in [-0.15, -0.1) is 0 Å². The summed E-state index contributed by atoms with van der Waals surface area (Å²) >= 11 is 0. The van der Waals surface area contributed by atoms with Gasteiger partial charge in [0.2, 0.25) is 0 Å². The molecule has 1 aromatic heterocycles. The van der Waals surface area contributed by atoms with Crippen molar-refractivity contribution in [3.05, 3.63) is 18.2 Å². The van der Waals surface area contributed by atoms with Crippen LogP contribution in [-0.4, -0.2) is 108 Å². The van der Waals surface area contributed by atoms with Crippen LogP contribution in [0.5, 0.6) is 11.5 Å². The smallest absolute Gasteiger partial charge is 0.163 e. The second-order valence-electron chi connectivity index (χ2n) is 9.80. The van der Waals surface area contributed by atoms with Gasteiger partial charge in [-0.25, -0.2) is 4.98 Å². The Kier molecular flexibility index (Phi) is 7.57. The number of methoxy groups -OCH3 is 1. The van der Waals surface area contributed by atoms with Crippen LogP contribution in [0.2, 0.25) is 0 Å². The van der Waals surface area contributed by atoms with Crippen LogP contribution in [0.25, 0.3) is 10.9 Å². The first-order valence-corrected chi connectivity index (χ1v) is 13.0. The normalized spacial score (nSPS) is 20.3. The average Bonchev–Trinajstić information content (AvgIpc) is 3.42. The third-order valence-electron chi connectivity index (χ3n) is 7.42. The molecule has 0 bridgehead atoms. The summed E-state index contributed by atoms with van der Waals surface area (Å²) in [7, 11) is 3.93. The van der Waals surface area contributed by atoms with Crippen molar-refractivity contribution >= 4 is 22.4 Å². The Balaban J connectivity index is 1.36. The molecule has 0 radical (unpaired) electrons. The van der Waals surface area contributed by atoms with Crippen LogP contribution in [0.4, 0.5) is 11.5 Å². The van der Waals surface area contributed by atoms with E-state index in [-0.39, 0.29) is 0 Å². The molecule has 2 aromatic rings. The lowest BCUT2D eigenvalue weighted by Gasteiger charge is -2.32. The van der Waals surface area contributed by atoms with Gasteiger partial charge < -0.3 is 34.4 Å². The summed E-state index contributed by atoms with van der Waals surface area (Å²) in [6, 6.07) is 6.51. The van der Waals surface area contributed by atoms with Crippen molar-refractivity contribution in [2.75, 3.05) is 103 Å². The van der Waals surface area contributed by atoms with Crippen LogP contribution >= 0.6 is 0 Å². The van der Waals surface area contributed by atoms with Crippen LogP contribution in [0, 0.1) is 0 Å². The van der Waals surface area contributed by atoms with Crippen molar-refractivity contribution < 1.29 is 9.47 Å². The molecule has 0 spiro atoms. The number of likely N-dealkylation sites (N-methyl/N-ethyl adjacent to an activating group) is 1. The van der Waals surface area contributed by atoms with Crippen LogP contribution < -0.4 is 24.6 Å². The van der Waals surface area contributed by atoms with Gasteiger partial charge in [0.05, 0.1) is 24.9 Å². The standard InChI is InChI=1S/C26H40N6O2/c1-29-13-15-30(16-14-29)8-5-17-34-25-19-22-21(18-24(25)33-2)23(31-11-6-27-7-12-31)20-26(28-22)32-9-3-4-10-32/h18-20,27H,3-17H2,1-2H3. The molecule has 3 saturated heterocycles. The number of pyridine rings is 1. The zero-order valence-electron chi connectivity index (χ0n) is 20.9. The number of nitrogens with one attached hydrogen (secondary N) is 1. The fourth-order valence-corrected chi connectivity index (χ4v) is 5.29. The maximum Gasteiger partial charge on any atom is 0.163 e. The molecule has 0 atom stereocenters. The summed E-state index contributed by atoms with van der Waals surface area (Å²) in [5.41, 5.74) is 2.25. The number of nitrogens with zero attached hydrogens (tertiary/aromatic N) is 5. The zero-order valence-corrected chi connectivity index (χ0v) is 20.9. The number of piperazine rings is 2. The monoisotopic (exact) mass is 468 g/mol. The van der Waals surface area contributed by atoms with E-state index in [1.807, 2.05) is 0 Å². The molecule has 0 amide bonds. The van der Waals surface area contributed by atoms with Crippen LogP contribution in [0.15, 0.2) is 18.2 Å². The first-order valence-electron chi connectivity index (χ1n) is 13.0. The molecule has 0 saturated carbocycles. The maximum absolute atomic E-state index is 6.26. The van der Waals surface area contributed by atoms with Crippen molar-refractivity contribution in [3.63, 3.8) is 0 Å². The number of rotatable bonds is 8. The Morgan fingerprint density at radius 1 is 0.882 bits per heavy atom. The molecule has 0 unspecified atom stereocenters. The minimum Gasteiger partial charge on any atom is -0.493 e. The number of ether oxygens (including phenoxy) is 2. The largest absolute Gasteiger partial charge is 0.493 e. The van der Waals surface area contributed by atoms with E-state index in [9.17, 15) is 0 Å². The molecule has 0 aliphatic carbocycles. The summed E-state index contributed by atoms with van der Waals surface area (Å²) in [4.78, 5) is 14.9. The third kappa shape index (κ3) is 5.34. The van der Waals surface area contributed by atoms with Gasteiger partial charge >= 0.3 is 0 Å². The highest BCUT2D eigenvalue weighted by molar-refractivity contribution is 5.96. The molecule has 3 aliphatic rings. The quantitative estimate of drug-likeness (QED) is 0.593. The molecular formula is C26H40N6O2. The molecule has 8 nitrogen and oxygen atoms in total. The summed E-state index contributed by atoms with van der Waals surface area (Å²) < 4.78 is 12.0. The summed E-state index contributed by atoms with van der Waals surface area (Å²) in [6.07, 6.45) is 3.50. The first-order chi connectivity index (χ1) is 16.7. The molecule has 8 heteroatoms. The Hall–Kier alpha value is -2.29. The zero-order chi connectivity index (χ0) is 23.3. The first kappa shape index (κ1) is 23.5. The second kappa shape index (κ2) is 11.0.